The summed E-state index contributed by atoms with van der Waals surface area (Å²) in [5.41, 5.74) is 11.3. The summed E-state index contributed by atoms with van der Waals surface area (Å²) in [5, 5.41) is 10.9. The van der Waals surface area contributed by atoms with Crippen molar-refractivity contribution >= 4 is 29.1 Å². The number of nitrogens with zero attached hydrogens (tertiary/aromatic N) is 1. The molecule has 1 rings (SSSR count). The summed E-state index contributed by atoms with van der Waals surface area (Å²) in [6.45, 7) is 0.333. The Bertz CT molecular complexity index is 418. The van der Waals surface area contributed by atoms with Crippen LogP contribution in [-0.4, -0.2) is 11.5 Å². The van der Waals surface area contributed by atoms with Crippen LogP contribution in [0.5, 0.6) is 0 Å². The first kappa shape index (κ1) is 11.5. The molecule has 0 unspecified atom stereocenters. The molecule has 0 radical (unpaired) electrons. The van der Waals surface area contributed by atoms with Gasteiger partial charge in [-0.2, -0.15) is 0 Å². The highest BCUT2D eigenvalue weighted by Crippen LogP contribution is 2.30. The molecule has 1 aromatic rings. The van der Waals surface area contributed by atoms with Crippen molar-refractivity contribution in [2.75, 3.05) is 12.3 Å². The lowest BCUT2D eigenvalue weighted by atomic mass is 10.1. The van der Waals surface area contributed by atoms with Gasteiger partial charge in [-0.25, -0.2) is 0 Å². The number of nitro groups is 1. The minimum Gasteiger partial charge on any atom is -0.393 e. The number of hydrogen-bond donors (Lipinski definition) is 2. The molecule has 0 heterocycles. The zero-order valence-electron chi connectivity index (χ0n) is 7.81. The minimum atomic E-state index is -0.568. The monoisotopic (exact) mass is 227 g/mol. The molecule has 0 aliphatic rings. The van der Waals surface area contributed by atoms with Gasteiger partial charge in [0.15, 0.2) is 0 Å². The van der Waals surface area contributed by atoms with Crippen molar-refractivity contribution in [1.29, 1.82) is 0 Å². The van der Waals surface area contributed by atoms with Crippen LogP contribution < -0.4 is 11.5 Å². The number of hydrogen-bond acceptors (Lipinski definition) is 4. The van der Waals surface area contributed by atoms with E-state index in [2.05, 4.69) is 0 Å². The van der Waals surface area contributed by atoms with Crippen molar-refractivity contribution in [3.63, 3.8) is 0 Å². The second-order valence-corrected chi connectivity index (χ2v) is 3.26. The first-order chi connectivity index (χ1) is 7.06. The van der Waals surface area contributed by atoms with Gasteiger partial charge in [-0.15, -0.1) is 0 Å². The Morgan fingerprint density at radius 1 is 1.53 bits per heavy atom. The van der Waals surface area contributed by atoms with E-state index < -0.39 is 4.92 Å². The van der Waals surface area contributed by atoms with Crippen molar-refractivity contribution in [3.8, 4) is 0 Å². The third kappa shape index (κ3) is 2.68. The van der Waals surface area contributed by atoms with E-state index in [0.717, 1.165) is 0 Å². The highest BCUT2D eigenvalue weighted by molar-refractivity contribution is 6.31. The number of nitrogen functional groups attached to an aromatic ring is 1. The Balaban J connectivity index is 3.28. The average Bonchev–Trinajstić information content (AvgIpc) is 2.18. The largest absolute Gasteiger partial charge is 0.393 e. The second kappa shape index (κ2) is 4.77. The first-order valence-electron chi connectivity index (χ1n) is 4.16. The fourth-order valence-electron chi connectivity index (χ4n) is 1.11. The van der Waals surface area contributed by atoms with Crippen molar-refractivity contribution in [2.45, 2.75) is 0 Å². The predicted molar refractivity (Wildman–Crippen MR) is 60.6 cm³/mol. The lowest BCUT2D eigenvalue weighted by Gasteiger charge is -2.02. The normalized spacial score (nSPS) is 10.8. The summed E-state index contributed by atoms with van der Waals surface area (Å²) in [5.74, 6) is 0. The molecule has 0 fully saturated rings. The van der Waals surface area contributed by atoms with Crippen LogP contribution in [0.25, 0.3) is 6.08 Å². The van der Waals surface area contributed by atoms with Crippen molar-refractivity contribution in [2.24, 2.45) is 5.73 Å². The fourth-order valence-corrected chi connectivity index (χ4v) is 1.33. The summed E-state index contributed by atoms with van der Waals surface area (Å²) < 4.78 is 0. The molecule has 4 N–H and O–H groups in total. The number of benzene rings is 1. The SMILES string of the molecule is NCC=Cc1cc(Cl)cc([N+](=O)[O-])c1N. The molecule has 1 aromatic carbocycles. The van der Waals surface area contributed by atoms with Gasteiger partial charge in [-0.1, -0.05) is 23.8 Å². The Morgan fingerprint density at radius 3 is 2.73 bits per heavy atom. The van der Waals surface area contributed by atoms with Crippen LogP contribution in [0.3, 0.4) is 0 Å². The molecule has 6 heteroatoms. The summed E-state index contributed by atoms with van der Waals surface area (Å²) >= 11 is 5.72. The molecule has 0 saturated carbocycles. The molecule has 0 spiro atoms. The lowest BCUT2D eigenvalue weighted by Crippen LogP contribution is -1.98. The predicted octanol–water partition coefficient (Wildman–Crippen LogP) is 1.80. The fraction of sp³-hybridized carbons (Fsp3) is 0.111. The van der Waals surface area contributed by atoms with Crippen LogP contribution in [0.1, 0.15) is 5.56 Å². The quantitative estimate of drug-likeness (QED) is 0.468. The van der Waals surface area contributed by atoms with Gasteiger partial charge in [0.2, 0.25) is 0 Å². The van der Waals surface area contributed by atoms with E-state index in [1.165, 1.54) is 6.07 Å². The standard InChI is InChI=1S/C9H10ClN3O2/c10-7-4-6(2-1-3-11)9(12)8(5-7)13(14)15/h1-2,4-5H,3,11-12H2. The van der Waals surface area contributed by atoms with E-state index in [-0.39, 0.29) is 16.4 Å². The van der Waals surface area contributed by atoms with Gasteiger partial charge in [0.25, 0.3) is 5.69 Å². The van der Waals surface area contributed by atoms with Gasteiger partial charge in [0.05, 0.1) is 4.92 Å². The Kier molecular flexibility index (Phi) is 3.65. The van der Waals surface area contributed by atoms with Gasteiger partial charge < -0.3 is 11.5 Å². The van der Waals surface area contributed by atoms with Crippen LogP contribution in [0.15, 0.2) is 18.2 Å². The van der Waals surface area contributed by atoms with E-state index in [0.29, 0.717) is 12.1 Å². The summed E-state index contributed by atoms with van der Waals surface area (Å²) in [7, 11) is 0. The Morgan fingerprint density at radius 2 is 2.20 bits per heavy atom. The van der Waals surface area contributed by atoms with E-state index in [1.807, 2.05) is 0 Å². The molecular weight excluding hydrogens is 218 g/mol. The summed E-state index contributed by atoms with van der Waals surface area (Å²) in [6.07, 6.45) is 3.25. The van der Waals surface area contributed by atoms with Crippen molar-refractivity contribution in [3.05, 3.63) is 38.9 Å². The third-order valence-corrected chi connectivity index (χ3v) is 2.00. The summed E-state index contributed by atoms with van der Waals surface area (Å²) in [4.78, 5) is 10.0. The van der Waals surface area contributed by atoms with E-state index in [4.69, 9.17) is 23.1 Å². The zero-order chi connectivity index (χ0) is 11.4. The maximum Gasteiger partial charge on any atom is 0.294 e. The Labute approximate surface area is 91.5 Å². The van der Waals surface area contributed by atoms with E-state index in [1.54, 1.807) is 18.2 Å². The van der Waals surface area contributed by atoms with Gasteiger partial charge >= 0.3 is 0 Å². The van der Waals surface area contributed by atoms with Gasteiger partial charge in [0.1, 0.15) is 5.69 Å². The lowest BCUT2D eigenvalue weighted by molar-refractivity contribution is -0.383. The minimum absolute atomic E-state index is 0.0918. The van der Waals surface area contributed by atoms with Gasteiger partial charge in [-0.05, 0) is 6.07 Å². The van der Waals surface area contributed by atoms with Gasteiger partial charge in [-0.3, -0.25) is 10.1 Å². The van der Waals surface area contributed by atoms with E-state index in [9.17, 15) is 10.1 Å². The van der Waals surface area contributed by atoms with Crippen LogP contribution in [0, 0.1) is 10.1 Å². The molecule has 0 aliphatic carbocycles. The smallest absolute Gasteiger partial charge is 0.294 e. The molecule has 5 nitrogen and oxygen atoms in total. The molecule has 80 valence electrons. The van der Waals surface area contributed by atoms with Crippen LogP contribution in [-0.2, 0) is 0 Å². The molecule has 0 amide bonds. The number of anilines is 1. The summed E-state index contributed by atoms with van der Waals surface area (Å²) in [6, 6.07) is 2.77. The average molecular weight is 228 g/mol. The number of nitrogens with two attached hydrogens (primary N) is 2. The highest BCUT2D eigenvalue weighted by atomic mass is 35.5. The van der Waals surface area contributed by atoms with Crippen LogP contribution in [0.2, 0.25) is 5.02 Å². The second-order valence-electron chi connectivity index (χ2n) is 2.82. The van der Waals surface area contributed by atoms with Gasteiger partial charge in [0, 0.05) is 23.2 Å². The Hall–Kier alpha value is -1.59. The van der Waals surface area contributed by atoms with Crippen molar-refractivity contribution in [1.82, 2.24) is 0 Å². The van der Waals surface area contributed by atoms with Crippen LogP contribution in [0.4, 0.5) is 11.4 Å². The molecule has 0 aromatic heterocycles. The number of nitro benzene ring substituents is 1. The molecular formula is C9H10ClN3O2. The maximum absolute atomic E-state index is 10.6. The maximum atomic E-state index is 10.6. The topological polar surface area (TPSA) is 95.2 Å². The molecule has 0 aliphatic heterocycles. The molecule has 0 bridgehead atoms. The van der Waals surface area contributed by atoms with Crippen LogP contribution >= 0.6 is 11.6 Å². The number of rotatable bonds is 3. The zero-order valence-corrected chi connectivity index (χ0v) is 8.57. The molecule has 15 heavy (non-hydrogen) atoms. The third-order valence-electron chi connectivity index (χ3n) is 1.79. The van der Waals surface area contributed by atoms with Crippen molar-refractivity contribution < 1.29 is 4.92 Å². The number of halogens is 1. The molecule has 0 atom stereocenters. The molecule has 0 saturated heterocycles. The highest BCUT2D eigenvalue weighted by Gasteiger charge is 2.14. The van der Waals surface area contributed by atoms with E-state index >= 15 is 0 Å². The first-order valence-corrected chi connectivity index (χ1v) is 4.54.